The second-order valence-corrected chi connectivity index (χ2v) is 7.66. The van der Waals surface area contributed by atoms with Gasteiger partial charge in [-0.2, -0.15) is 0 Å². The van der Waals surface area contributed by atoms with Crippen molar-refractivity contribution in [2.24, 2.45) is 0 Å². The Bertz CT molecular complexity index is 733. The predicted molar refractivity (Wildman–Crippen MR) is 108 cm³/mol. The van der Waals surface area contributed by atoms with E-state index in [2.05, 4.69) is 42.6 Å². The Morgan fingerprint density at radius 3 is 2.77 bits per heavy atom. The molecule has 2 aromatic rings. The molecule has 2 aromatic carbocycles. The average Bonchev–Trinajstić information content (AvgIpc) is 3.11. The minimum Gasteiger partial charge on any atom is -0.383 e. The summed E-state index contributed by atoms with van der Waals surface area (Å²) in [5, 5.41) is 3.10. The standard InChI is InChI=1S/C21H26N2O2S/c1-16-9-11-17(12-10-16)15-26-20-8-4-3-7-19(20)22-21(24)23-13-5-6-18(23)14-25-2/h3-4,7-12,18H,5-6,13-15H2,1-2H3,(H,22,24)/t18-/m0/s1. The van der Waals surface area contributed by atoms with Crippen LogP contribution in [0.2, 0.25) is 0 Å². The zero-order valence-electron chi connectivity index (χ0n) is 15.4. The van der Waals surface area contributed by atoms with E-state index < -0.39 is 0 Å². The first kappa shape index (κ1) is 18.8. The number of thioether (sulfide) groups is 1. The fraction of sp³-hybridized carbons (Fsp3) is 0.381. The molecule has 138 valence electrons. The highest BCUT2D eigenvalue weighted by Gasteiger charge is 2.28. The molecular formula is C21H26N2O2S. The normalized spacial score (nSPS) is 16.7. The average molecular weight is 371 g/mol. The van der Waals surface area contributed by atoms with Gasteiger partial charge in [0.1, 0.15) is 0 Å². The molecule has 3 rings (SSSR count). The van der Waals surface area contributed by atoms with Gasteiger partial charge in [-0.05, 0) is 37.5 Å². The Morgan fingerprint density at radius 1 is 1.23 bits per heavy atom. The molecule has 0 aliphatic carbocycles. The van der Waals surface area contributed by atoms with Crippen LogP contribution in [0.25, 0.3) is 0 Å². The zero-order chi connectivity index (χ0) is 18.4. The zero-order valence-corrected chi connectivity index (χ0v) is 16.2. The van der Waals surface area contributed by atoms with Crippen LogP contribution in [0, 0.1) is 6.92 Å². The summed E-state index contributed by atoms with van der Waals surface area (Å²) in [6.07, 6.45) is 2.04. The van der Waals surface area contributed by atoms with E-state index in [0.29, 0.717) is 6.61 Å². The van der Waals surface area contributed by atoms with Gasteiger partial charge in [-0.3, -0.25) is 0 Å². The van der Waals surface area contributed by atoms with E-state index in [1.807, 2.05) is 23.1 Å². The summed E-state index contributed by atoms with van der Waals surface area (Å²) in [7, 11) is 1.69. The molecule has 1 atom stereocenters. The van der Waals surface area contributed by atoms with Gasteiger partial charge in [0, 0.05) is 24.3 Å². The SMILES string of the molecule is COC[C@@H]1CCCN1C(=O)Nc1ccccc1SCc1ccc(C)cc1. The van der Waals surface area contributed by atoms with E-state index in [4.69, 9.17) is 4.74 Å². The number of hydrogen-bond donors (Lipinski definition) is 1. The van der Waals surface area contributed by atoms with Crippen LogP contribution < -0.4 is 5.32 Å². The molecule has 2 amide bonds. The minimum atomic E-state index is -0.0343. The lowest BCUT2D eigenvalue weighted by atomic mass is 10.2. The maximum Gasteiger partial charge on any atom is 0.322 e. The number of carbonyl (C=O) groups excluding carboxylic acids is 1. The number of para-hydroxylation sites is 1. The highest BCUT2D eigenvalue weighted by atomic mass is 32.2. The van der Waals surface area contributed by atoms with Gasteiger partial charge in [0.15, 0.2) is 0 Å². The van der Waals surface area contributed by atoms with Gasteiger partial charge < -0.3 is 15.0 Å². The van der Waals surface area contributed by atoms with Gasteiger partial charge in [-0.25, -0.2) is 4.79 Å². The van der Waals surface area contributed by atoms with Crippen molar-refractivity contribution in [3.8, 4) is 0 Å². The quantitative estimate of drug-likeness (QED) is 0.733. The van der Waals surface area contributed by atoms with Gasteiger partial charge in [0.05, 0.1) is 18.3 Å². The molecule has 0 bridgehead atoms. The summed E-state index contributed by atoms with van der Waals surface area (Å²) < 4.78 is 5.25. The number of ether oxygens (including phenoxy) is 1. The largest absolute Gasteiger partial charge is 0.383 e. The number of likely N-dealkylation sites (tertiary alicyclic amines) is 1. The van der Waals surface area contributed by atoms with Crippen LogP contribution in [0.4, 0.5) is 10.5 Å². The minimum absolute atomic E-state index is 0.0343. The maximum absolute atomic E-state index is 12.7. The first-order chi connectivity index (χ1) is 12.7. The molecule has 0 spiro atoms. The van der Waals surface area contributed by atoms with Gasteiger partial charge in [-0.1, -0.05) is 42.0 Å². The molecular weight excluding hydrogens is 344 g/mol. The number of methoxy groups -OCH3 is 1. The molecule has 0 unspecified atom stereocenters. The molecule has 26 heavy (non-hydrogen) atoms. The van der Waals surface area contributed by atoms with Crippen molar-refractivity contribution >= 4 is 23.5 Å². The number of urea groups is 1. The molecule has 1 fully saturated rings. The molecule has 1 saturated heterocycles. The Labute approximate surface area is 159 Å². The number of aryl methyl sites for hydroxylation is 1. The highest BCUT2D eigenvalue weighted by molar-refractivity contribution is 7.98. The van der Waals surface area contributed by atoms with Crippen LogP contribution in [0.3, 0.4) is 0 Å². The summed E-state index contributed by atoms with van der Waals surface area (Å²) >= 11 is 1.74. The van der Waals surface area contributed by atoms with Gasteiger partial charge in [0.2, 0.25) is 0 Å². The summed E-state index contributed by atoms with van der Waals surface area (Å²) in [5.74, 6) is 0.878. The lowest BCUT2D eigenvalue weighted by Gasteiger charge is -2.25. The summed E-state index contributed by atoms with van der Waals surface area (Å²) in [5.41, 5.74) is 3.42. The first-order valence-corrected chi connectivity index (χ1v) is 10.00. The third-order valence-corrected chi connectivity index (χ3v) is 5.79. The molecule has 4 nitrogen and oxygen atoms in total. The summed E-state index contributed by atoms with van der Waals surface area (Å²) in [6.45, 7) is 3.48. The Balaban J connectivity index is 1.65. The van der Waals surface area contributed by atoms with Crippen LogP contribution >= 0.6 is 11.8 Å². The van der Waals surface area contributed by atoms with Gasteiger partial charge >= 0.3 is 6.03 Å². The fourth-order valence-corrected chi connectivity index (χ4v) is 4.16. The second-order valence-electron chi connectivity index (χ2n) is 6.65. The molecule has 1 aliphatic heterocycles. The van der Waals surface area contributed by atoms with Gasteiger partial charge in [-0.15, -0.1) is 11.8 Å². The Kier molecular flexibility index (Phi) is 6.58. The van der Waals surface area contributed by atoms with Crippen LogP contribution in [-0.2, 0) is 10.5 Å². The van der Waals surface area contributed by atoms with E-state index in [1.54, 1.807) is 18.9 Å². The molecule has 1 aliphatic rings. The van der Waals surface area contributed by atoms with Crippen molar-refractivity contribution in [1.82, 2.24) is 4.90 Å². The molecule has 1 N–H and O–H groups in total. The van der Waals surface area contributed by atoms with Crippen LogP contribution in [-0.4, -0.2) is 37.2 Å². The highest BCUT2D eigenvalue weighted by Crippen LogP contribution is 2.30. The maximum atomic E-state index is 12.7. The number of nitrogens with one attached hydrogen (secondary N) is 1. The topological polar surface area (TPSA) is 41.6 Å². The van der Waals surface area contributed by atoms with Crippen LogP contribution in [0.1, 0.15) is 24.0 Å². The number of amides is 2. The predicted octanol–water partition coefficient (Wildman–Crippen LogP) is 4.93. The third-order valence-electron chi connectivity index (χ3n) is 4.64. The first-order valence-electron chi connectivity index (χ1n) is 9.01. The lowest BCUT2D eigenvalue weighted by molar-refractivity contribution is 0.128. The van der Waals surface area contributed by atoms with Crippen LogP contribution in [0.15, 0.2) is 53.4 Å². The van der Waals surface area contributed by atoms with Crippen molar-refractivity contribution in [2.75, 3.05) is 25.6 Å². The number of nitrogens with zero attached hydrogens (tertiary/aromatic N) is 1. The van der Waals surface area contributed by atoms with E-state index in [-0.39, 0.29) is 12.1 Å². The summed E-state index contributed by atoms with van der Waals surface area (Å²) in [4.78, 5) is 15.7. The molecule has 1 heterocycles. The molecule has 0 saturated carbocycles. The second kappa shape index (κ2) is 9.10. The van der Waals surface area contributed by atoms with Gasteiger partial charge in [0.25, 0.3) is 0 Å². The van der Waals surface area contributed by atoms with Crippen LogP contribution in [0.5, 0.6) is 0 Å². The van der Waals surface area contributed by atoms with Crippen molar-refractivity contribution in [3.05, 3.63) is 59.7 Å². The van der Waals surface area contributed by atoms with E-state index >= 15 is 0 Å². The smallest absolute Gasteiger partial charge is 0.322 e. The fourth-order valence-electron chi connectivity index (χ4n) is 3.20. The third kappa shape index (κ3) is 4.80. The molecule has 0 aromatic heterocycles. The number of carbonyl (C=O) groups is 1. The van der Waals surface area contributed by atoms with E-state index in [9.17, 15) is 4.79 Å². The number of benzene rings is 2. The molecule has 0 radical (unpaired) electrons. The van der Waals surface area contributed by atoms with Crippen molar-refractivity contribution in [2.45, 2.75) is 36.5 Å². The monoisotopic (exact) mass is 370 g/mol. The van der Waals surface area contributed by atoms with E-state index in [1.165, 1.54) is 11.1 Å². The lowest BCUT2D eigenvalue weighted by Crippen LogP contribution is -2.40. The Morgan fingerprint density at radius 2 is 2.00 bits per heavy atom. The van der Waals surface area contributed by atoms with Crippen molar-refractivity contribution in [3.63, 3.8) is 0 Å². The number of rotatable bonds is 6. The van der Waals surface area contributed by atoms with Crippen molar-refractivity contribution < 1.29 is 9.53 Å². The number of anilines is 1. The molecule has 5 heteroatoms. The van der Waals surface area contributed by atoms with Crippen molar-refractivity contribution in [1.29, 1.82) is 0 Å². The van der Waals surface area contributed by atoms with E-state index in [0.717, 1.165) is 35.7 Å². The number of hydrogen-bond acceptors (Lipinski definition) is 3. The Hall–Kier alpha value is -1.98. The summed E-state index contributed by atoms with van der Waals surface area (Å²) in [6, 6.07) is 16.7.